The maximum Gasteiger partial charge on any atom is 0.243 e. The Morgan fingerprint density at radius 2 is 2.00 bits per heavy atom. The van der Waals surface area contributed by atoms with Gasteiger partial charge in [0, 0.05) is 30.4 Å². The third-order valence-corrected chi connectivity index (χ3v) is 6.58. The highest BCUT2D eigenvalue weighted by molar-refractivity contribution is 5.87. The van der Waals surface area contributed by atoms with E-state index in [1.54, 1.807) is 0 Å². The lowest BCUT2D eigenvalue weighted by atomic mass is 9.91. The summed E-state index contributed by atoms with van der Waals surface area (Å²) in [6, 6.07) is 9.10. The summed E-state index contributed by atoms with van der Waals surface area (Å²) in [5.41, 5.74) is 3.37. The summed E-state index contributed by atoms with van der Waals surface area (Å²) < 4.78 is 2.07. The Hall–Kier alpha value is -3.46. The Kier molecular flexibility index (Phi) is 7.65. The molecule has 1 aromatic carbocycles. The first kappa shape index (κ1) is 24.7. The second kappa shape index (κ2) is 10.9. The van der Waals surface area contributed by atoms with Crippen LogP contribution in [-0.2, 0) is 11.3 Å². The second-order valence-corrected chi connectivity index (χ2v) is 9.67. The largest absolute Gasteiger partial charge is 0.351 e. The topological polar surface area (TPSA) is 100 Å². The Morgan fingerprint density at radius 1 is 1.23 bits per heavy atom. The van der Waals surface area contributed by atoms with Crippen molar-refractivity contribution in [3.63, 3.8) is 0 Å². The van der Waals surface area contributed by atoms with Gasteiger partial charge in [0.25, 0.3) is 0 Å². The molecule has 9 heteroatoms. The molecule has 1 aliphatic rings. The second-order valence-electron chi connectivity index (χ2n) is 9.67. The van der Waals surface area contributed by atoms with E-state index in [1.165, 1.54) is 6.08 Å². The molecule has 4 rings (SSSR count). The molecule has 2 heterocycles. The van der Waals surface area contributed by atoms with Crippen molar-refractivity contribution in [3.8, 4) is 0 Å². The van der Waals surface area contributed by atoms with Crippen molar-refractivity contribution in [1.29, 1.82) is 0 Å². The van der Waals surface area contributed by atoms with Crippen molar-refractivity contribution < 1.29 is 4.79 Å². The summed E-state index contributed by atoms with van der Waals surface area (Å²) in [6.07, 6.45) is 7.60. The molecule has 0 unspecified atom stereocenters. The molecule has 0 spiro atoms. The molecule has 2 aromatic heterocycles. The lowest BCUT2D eigenvalue weighted by Crippen LogP contribution is -2.36. The average molecular weight is 477 g/mol. The van der Waals surface area contributed by atoms with E-state index in [4.69, 9.17) is 9.97 Å². The number of fused-ring (bicyclic) bond motifs is 1. The maximum atomic E-state index is 11.5. The van der Waals surface area contributed by atoms with E-state index < -0.39 is 0 Å². The van der Waals surface area contributed by atoms with Crippen molar-refractivity contribution in [2.75, 3.05) is 24.7 Å². The molecular weight excluding hydrogens is 440 g/mol. The summed E-state index contributed by atoms with van der Waals surface area (Å²) in [5.74, 6) is 1.08. The van der Waals surface area contributed by atoms with Crippen molar-refractivity contribution >= 4 is 34.5 Å². The highest BCUT2D eigenvalue weighted by Gasteiger charge is 2.24. The van der Waals surface area contributed by atoms with Crippen LogP contribution in [0, 0.1) is 0 Å². The lowest BCUT2D eigenvalue weighted by molar-refractivity contribution is -0.116. The van der Waals surface area contributed by atoms with Gasteiger partial charge < -0.3 is 25.4 Å². The van der Waals surface area contributed by atoms with Gasteiger partial charge in [-0.2, -0.15) is 9.97 Å². The molecule has 3 N–H and O–H groups in total. The Morgan fingerprint density at radius 3 is 2.69 bits per heavy atom. The van der Waals surface area contributed by atoms with Crippen molar-refractivity contribution in [3.05, 3.63) is 48.8 Å². The van der Waals surface area contributed by atoms with Crippen LogP contribution < -0.4 is 16.0 Å². The molecule has 0 aliphatic heterocycles. The number of amides is 1. The van der Waals surface area contributed by atoms with Gasteiger partial charge in [-0.3, -0.25) is 4.79 Å². The molecule has 186 valence electrons. The molecule has 1 fully saturated rings. The summed E-state index contributed by atoms with van der Waals surface area (Å²) in [7, 11) is 4.31. The minimum absolute atomic E-state index is 0.199. The zero-order valence-corrected chi connectivity index (χ0v) is 21.1. The molecule has 0 saturated heterocycles. The number of imidazole rings is 1. The van der Waals surface area contributed by atoms with Crippen LogP contribution in [0.5, 0.6) is 0 Å². The molecule has 1 amide bonds. The number of hydrogen-bond donors (Lipinski definition) is 3. The van der Waals surface area contributed by atoms with Crippen molar-refractivity contribution in [2.45, 2.75) is 64.2 Å². The fourth-order valence-corrected chi connectivity index (χ4v) is 4.52. The third kappa shape index (κ3) is 5.97. The van der Waals surface area contributed by atoms with Crippen molar-refractivity contribution in [1.82, 2.24) is 29.7 Å². The Balaban J connectivity index is 1.59. The first-order valence-corrected chi connectivity index (χ1v) is 12.3. The average Bonchev–Trinajstić information content (AvgIpc) is 3.28. The molecule has 0 radical (unpaired) electrons. The molecule has 1 saturated carbocycles. The van der Waals surface area contributed by atoms with Gasteiger partial charge in [0.2, 0.25) is 11.9 Å². The molecule has 0 bridgehead atoms. The number of hydrogen-bond acceptors (Lipinski definition) is 7. The molecule has 1 aliphatic carbocycles. The minimum atomic E-state index is -0.199. The van der Waals surface area contributed by atoms with Gasteiger partial charge in [0.1, 0.15) is 0 Å². The number of nitrogens with zero attached hydrogens (tertiary/aromatic N) is 5. The Labute approximate surface area is 207 Å². The van der Waals surface area contributed by atoms with Crippen molar-refractivity contribution in [2.24, 2.45) is 0 Å². The predicted molar refractivity (Wildman–Crippen MR) is 141 cm³/mol. The number of rotatable bonds is 9. The summed E-state index contributed by atoms with van der Waals surface area (Å²) in [4.78, 5) is 28.2. The van der Waals surface area contributed by atoms with E-state index in [0.717, 1.165) is 48.1 Å². The van der Waals surface area contributed by atoms with Crippen LogP contribution in [0.3, 0.4) is 0 Å². The maximum absolute atomic E-state index is 11.5. The van der Waals surface area contributed by atoms with Gasteiger partial charge in [-0.1, -0.05) is 18.7 Å². The number of nitrogens with one attached hydrogen (secondary N) is 3. The van der Waals surface area contributed by atoms with E-state index in [0.29, 0.717) is 30.4 Å². The number of carbonyl (C=O) groups excluding carboxylic acids is 1. The zero-order valence-electron chi connectivity index (χ0n) is 21.1. The van der Waals surface area contributed by atoms with Gasteiger partial charge in [-0.05, 0) is 77.4 Å². The van der Waals surface area contributed by atoms with Gasteiger partial charge in [0.05, 0.1) is 6.33 Å². The highest BCUT2D eigenvalue weighted by atomic mass is 16.1. The molecule has 3 aromatic rings. The smallest absolute Gasteiger partial charge is 0.243 e. The van der Waals surface area contributed by atoms with Crippen LogP contribution in [0.1, 0.15) is 51.1 Å². The van der Waals surface area contributed by atoms with Crippen LogP contribution >= 0.6 is 0 Å². The van der Waals surface area contributed by atoms with Crippen LogP contribution in [0.15, 0.2) is 43.2 Å². The predicted octanol–water partition coefficient (Wildman–Crippen LogP) is 4.24. The zero-order chi connectivity index (χ0) is 24.9. The monoisotopic (exact) mass is 476 g/mol. The third-order valence-electron chi connectivity index (χ3n) is 6.58. The van der Waals surface area contributed by atoms with E-state index in [1.807, 2.05) is 30.6 Å². The standard InChI is InChI=1S/C26H36N8O/c1-6-22(35)27-15-18-8-7-9-20(14-18)29-24-23-25(34(16-28-23)17(2)3)32-26(31-24)30-19-10-12-21(13-11-19)33(4)5/h6-9,14,16-17,19,21H,1,10-13,15H2,2-5H3,(H,27,35)(H2,29,30,31,32)/t19-,21-. The van der Waals surface area contributed by atoms with Gasteiger partial charge in [-0.25, -0.2) is 4.98 Å². The lowest BCUT2D eigenvalue weighted by Gasteiger charge is -2.33. The van der Waals surface area contributed by atoms with E-state index in [2.05, 4.69) is 64.9 Å². The first-order valence-electron chi connectivity index (χ1n) is 12.3. The minimum Gasteiger partial charge on any atom is -0.351 e. The van der Waals surface area contributed by atoms with Crippen LogP contribution in [0.2, 0.25) is 0 Å². The number of carbonyl (C=O) groups is 1. The normalized spacial score (nSPS) is 18.1. The number of aromatic nitrogens is 4. The Bertz CT molecular complexity index is 1180. The molecular formula is C26H36N8O. The summed E-state index contributed by atoms with van der Waals surface area (Å²) in [5, 5.41) is 9.83. The molecule has 0 atom stereocenters. The van der Waals surface area contributed by atoms with Gasteiger partial charge >= 0.3 is 0 Å². The van der Waals surface area contributed by atoms with Gasteiger partial charge in [-0.15, -0.1) is 0 Å². The SMILES string of the molecule is C=CC(=O)NCc1cccc(Nc2nc(N[C@H]3CC[C@H](N(C)C)CC3)nc3c2ncn3C(C)C)c1. The first-order chi connectivity index (χ1) is 16.8. The molecule has 9 nitrogen and oxygen atoms in total. The fourth-order valence-electron chi connectivity index (χ4n) is 4.52. The molecule has 35 heavy (non-hydrogen) atoms. The number of benzene rings is 1. The van der Waals surface area contributed by atoms with E-state index >= 15 is 0 Å². The van der Waals surface area contributed by atoms with Gasteiger partial charge in [0.15, 0.2) is 17.0 Å². The summed E-state index contributed by atoms with van der Waals surface area (Å²) >= 11 is 0. The van der Waals surface area contributed by atoms with Crippen LogP contribution in [0.4, 0.5) is 17.5 Å². The highest BCUT2D eigenvalue weighted by Crippen LogP contribution is 2.28. The van der Waals surface area contributed by atoms with Crippen LogP contribution in [0.25, 0.3) is 11.2 Å². The number of anilines is 3. The fraction of sp³-hybridized carbons (Fsp3) is 0.462. The quantitative estimate of drug-likeness (QED) is 0.397. The van der Waals surface area contributed by atoms with E-state index in [-0.39, 0.29) is 11.9 Å². The van der Waals surface area contributed by atoms with Crippen LogP contribution in [-0.4, -0.2) is 56.5 Å². The van der Waals surface area contributed by atoms with E-state index in [9.17, 15) is 4.79 Å². The summed E-state index contributed by atoms with van der Waals surface area (Å²) in [6.45, 7) is 8.15.